The van der Waals surface area contributed by atoms with E-state index >= 15 is 0 Å². The number of aliphatic carboxylic acids is 1. The molecule has 0 aliphatic carbocycles. The topological polar surface area (TPSA) is 282 Å². The first-order valence-electron chi connectivity index (χ1n) is 31.8. The number of amides is 6. The molecule has 92 heavy (non-hydrogen) atoms. The molecule has 27 heteroatoms. The van der Waals surface area contributed by atoms with E-state index in [1.807, 2.05) is 26.5 Å². The summed E-state index contributed by atoms with van der Waals surface area (Å²) in [6.45, 7) is 6.42. The molecule has 6 rings (SSSR count). The van der Waals surface area contributed by atoms with E-state index in [0.29, 0.717) is 165 Å². The van der Waals surface area contributed by atoms with Crippen LogP contribution in [0.5, 0.6) is 5.75 Å². The lowest BCUT2D eigenvalue weighted by Crippen LogP contribution is -2.53. The van der Waals surface area contributed by atoms with E-state index in [1.54, 1.807) is 23.1 Å². The quantitative estimate of drug-likeness (QED) is 0.0316. The Labute approximate surface area is 541 Å². The van der Waals surface area contributed by atoms with Crippen molar-refractivity contribution in [1.82, 2.24) is 55.7 Å². The van der Waals surface area contributed by atoms with Crippen molar-refractivity contribution < 1.29 is 71.2 Å². The van der Waals surface area contributed by atoms with Crippen molar-refractivity contribution in [2.45, 2.75) is 108 Å². The number of nitrogens with one attached hydrogen (secondary N) is 4. The van der Waals surface area contributed by atoms with Crippen molar-refractivity contribution in [3.8, 4) is 18.1 Å². The SMILES string of the molecule is C#C[C@H]1CC(F)(F)CN1C(=O)CNC(=O)c1ccnc2ccc(OCCCCC3CCN(C(=O)CCCCCNC(=O)C(CSCCNC(=O)CCCc4ccc(C)cc4)NC(=O)CN4CCN(COC=O)CCN(COC=O)CCN(CC(=O)O)CC4)CC3)cc12. The minimum atomic E-state index is -3.09. The number of fused-ring (bicyclic) bond motifs is 1. The van der Waals surface area contributed by atoms with Gasteiger partial charge < -0.3 is 50.4 Å². The Bertz CT molecular complexity index is 2920. The number of terminal acetylenes is 1. The number of piperidine rings is 1. The van der Waals surface area contributed by atoms with Gasteiger partial charge in [0.05, 0.1) is 49.9 Å². The molecule has 3 saturated heterocycles. The molecule has 3 aliphatic rings. The van der Waals surface area contributed by atoms with Crippen molar-refractivity contribution >= 4 is 77.0 Å². The molecule has 5 N–H and O–H groups in total. The second kappa shape index (κ2) is 39.8. The van der Waals surface area contributed by atoms with Gasteiger partial charge in [0.25, 0.3) is 24.8 Å². The normalized spacial score (nSPS) is 17.5. The zero-order valence-corrected chi connectivity index (χ0v) is 53.7. The number of hydrogen-bond acceptors (Lipinski definition) is 18. The van der Waals surface area contributed by atoms with Gasteiger partial charge in [-0.1, -0.05) is 48.6 Å². The van der Waals surface area contributed by atoms with Crippen molar-refractivity contribution in [3.63, 3.8) is 0 Å². The summed E-state index contributed by atoms with van der Waals surface area (Å²) in [6, 6.07) is 13.0. The van der Waals surface area contributed by atoms with Crippen LogP contribution < -0.4 is 26.0 Å². The number of carboxylic acids is 1. The first-order valence-corrected chi connectivity index (χ1v) is 33.0. The van der Waals surface area contributed by atoms with Crippen molar-refractivity contribution in [1.29, 1.82) is 0 Å². The predicted octanol–water partition coefficient (Wildman–Crippen LogP) is 3.53. The monoisotopic (exact) mass is 1300 g/mol. The summed E-state index contributed by atoms with van der Waals surface area (Å²) < 4.78 is 44.1. The van der Waals surface area contributed by atoms with E-state index in [-0.39, 0.29) is 55.6 Å². The van der Waals surface area contributed by atoms with Crippen LogP contribution in [0.4, 0.5) is 8.78 Å². The number of carbonyl (C=O) groups excluding carboxylic acids is 8. The molecule has 2 atom stereocenters. The third-order valence-corrected chi connectivity index (χ3v) is 17.6. The number of carboxylic acid groups (broad SMARTS) is 1. The van der Waals surface area contributed by atoms with Crippen LogP contribution in [0.1, 0.15) is 98.5 Å². The van der Waals surface area contributed by atoms with E-state index in [0.717, 1.165) is 43.4 Å². The summed E-state index contributed by atoms with van der Waals surface area (Å²) in [7, 11) is 0. The molecule has 0 saturated carbocycles. The molecule has 1 aromatic heterocycles. The lowest BCUT2D eigenvalue weighted by molar-refractivity contribution is -0.139. The fraction of sp³-hybridized carbons (Fsp3) is 0.600. The number of likely N-dealkylation sites (tertiary alicyclic amines) is 2. The maximum atomic E-state index is 14.0. The number of carbonyl (C=O) groups is 9. The molecule has 3 aromatic rings. The van der Waals surface area contributed by atoms with Gasteiger partial charge in [-0.3, -0.25) is 67.7 Å². The minimum absolute atomic E-state index is 0.00230. The number of alkyl halides is 2. The lowest BCUT2D eigenvalue weighted by Gasteiger charge is -2.33. The van der Waals surface area contributed by atoms with Crippen LogP contribution in [-0.4, -0.2) is 248 Å². The molecule has 4 heterocycles. The number of aryl methyl sites for hydroxylation is 2. The van der Waals surface area contributed by atoms with Crippen LogP contribution in [0.3, 0.4) is 0 Å². The standard InChI is InChI=1S/C65H91F2N11O13S/c1-3-52-39-65(66,67)44-78(52)61(84)40-71-63(87)54-20-24-68-56-19-18-53(38-55(54)56)91-36-8-6-10-51-21-26-77(27-22-51)60(83)13-5-4-7-23-70-64(88)57(43-92-37-25-69-58(81)12-9-11-50-16-14-49(2)15-17-50)72-59(82)41-73-28-29-74(42-62(85)86)31-33-76(46-90-48-80)35-34-75(32-30-73)45-89-47-79/h1,14-20,24,38,47-48,51-52,57H,4-13,21-23,25-37,39-46H2,2H3,(H,69,81)(H,70,88)(H,71,87)(H,72,82)(H,85,86)/t52-,57?/m0/s1. The van der Waals surface area contributed by atoms with Crippen LogP contribution in [0, 0.1) is 25.2 Å². The highest BCUT2D eigenvalue weighted by Crippen LogP contribution is 2.32. The van der Waals surface area contributed by atoms with Gasteiger partial charge in [0, 0.05) is 121 Å². The molecule has 3 aliphatic heterocycles. The molecule has 504 valence electrons. The highest BCUT2D eigenvalue weighted by atomic mass is 32.2. The smallest absolute Gasteiger partial charge is 0.317 e. The molecule has 0 radical (unpaired) electrons. The average Bonchev–Trinajstić information content (AvgIpc) is 1.21. The summed E-state index contributed by atoms with van der Waals surface area (Å²) in [6.07, 6.45) is 15.0. The summed E-state index contributed by atoms with van der Waals surface area (Å²) in [5.41, 5.74) is 3.14. The van der Waals surface area contributed by atoms with Gasteiger partial charge in [0.2, 0.25) is 29.5 Å². The van der Waals surface area contributed by atoms with Crippen molar-refractivity contribution in [2.24, 2.45) is 5.92 Å². The Morgan fingerprint density at radius 2 is 1.43 bits per heavy atom. The highest BCUT2D eigenvalue weighted by molar-refractivity contribution is 7.99. The highest BCUT2D eigenvalue weighted by Gasteiger charge is 2.46. The number of nitrogens with zero attached hydrogens (tertiary/aromatic N) is 7. The fourth-order valence-corrected chi connectivity index (χ4v) is 12.1. The van der Waals surface area contributed by atoms with Crippen LogP contribution >= 0.6 is 11.8 Å². The summed E-state index contributed by atoms with van der Waals surface area (Å²) in [4.78, 5) is 128. The number of hydrogen-bond donors (Lipinski definition) is 5. The molecule has 1 unspecified atom stereocenters. The number of unbranched alkanes of at least 4 members (excludes halogenated alkanes) is 3. The Balaban J connectivity index is 0.906. The number of ether oxygens (including phenoxy) is 3. The van der Waals surface area contributed by atoms with Crippen molar-refractivity contribution in [3.05, 3.63) is 71.4 Å². The molecule has 6 amide bonds. The fourth-order valence-electron chi connectivity index (χ4n) is 11.3. The number of rotatable bonds is 36. The Morgan fingerprint density at radius 1 is 0.761 bits per heavy atom. The third-order valence-electron chi connectivity index (χ3n) is 16.6. The maximum absolute atomic E-state index is 14.0. The van der Waals surface area contributed by atoms with Crippen LogP contribution in [0.25, 0.3) is 10.9 Å². The lowest BCUT2D eigenvalue weighted by atomic mass is 9.91. The van der Waals surface area contributed by atoms with Gasteiger partial charge in [-0.05, 0) is 94.0 Å². The van der Waals surface area contributed by atoms with E-state index in [9.17, 15) is 57.0 Å². The van der Waals surface area contributed by atoms with E-state index < -0.39 is 61.2 Å². The van der Waals surface area contributed by atoms with E-state index in [1.165, 1.54) is 35.2 Å². The van der Waals surface area contributed by atoms with Gasteiger partial charge in [0.1, 0.15) is 25.3 Å². The Morgan fingerprint density at radius 3 is 2.10 bits per heavy atom. The van der Waals surface area contributed by atoms with Gasteiger partial charge in [0.15, 0.2) is 0 Å². The van der Waals surface area contributed by atoms with E-state index in [4.69, 9.17) is 20.6 Å². The average molecular weight is 1300 g/mol. The third kappa shape index (κ3) is 26.6. The zero-order valence-electron chi connectivity index (χ0n) is 52.8. The van der Waals surface area contributed by atoms with Gasteiger partial charge >= 0.3 is 5.97 Å². The van der Waals surface area contributed by atoms with Gasteiger partial charge in [-0.15, -0.1) is 6.42 Å². The first kappa shape index (κ1) is 73.5. The number of aromatic nitrogens is 1. The number of pyridine rings is 1. The second-order valence-corrected chi connectivity index (χ2v) is 24.8. The Kier molecular flexibility index (Phi) is 31.8. The maximum Gasteiger partial charge on any atom is 0.317 e. The molecule has 24 nitrogen and oxygen atoms in total. The number of benzene rings is 2. The van der Waals surface area contributed by atoms with Gasteiger partial charge in [-0.25, -0.2) is 8.78 Å². The number of halogens is 2. The van der Waals surface area contributed by atoms with Crippen LogP contribution in [0.2, 0.25) is 0 Å². The van der Waals surface area contributed by atoms with Crippen molar-refractivity contribution in [2.75, 3.05) is 136 Å². The molecular formula is C65H91F2N11O13S. The molecule has 2 aromatic carbocycles. The Hall–Kier alpha value is -7.51. The summed E-state index contributed by atoms with van der Waals surface area (Å²) in [5, 5.41) is 21.6. The molecular weight excluding hydrogens is 1210 g/mol. The van der Waals surface area contributed by atoms with Gasteiger partial charge in [-0.2, -0.15) is 11.8 Å². The summed E-state index contributed by atoms with van der Waals surface area (Å²) in [5.74, 6) is -2.14. The molecule has 0 bridgehead atoms. The largest absolute Gasteiger partial charge is 0.494 e. The molecule has 0 spiro atoms. The number of thioether (sulfide) groups is 1. The molecule has 3 fully saturated rings. The van der Waals surface area contributed by atoms with Crippen LogP contribution in [-0.2, 0) is 54.3 Å². The predicted molar refractivity (Wildman–Crippen MR) is 342 cm³/mol. The first-order chi connectivity index (χ1) is 44.4. The summed E-state index contributed by atoms with van der Waals surface area (Å²) >= 11 is 1.42. The minimum Gasteiger partial charge on any atom is -0.494 e. The van der Waals surface area contributed by atoms with E-state index in [2.05, 4.69) is 56.4 Å². The zero-order chi connectivity index (χ0) is 66.1. The van der Waals surface area contributed by atoms with Crippen LogP contribution in [0.15, 0.2) is 54.7 Å². The second-order valence-electron chi connectivity index (χ2n) is 23.6.